The number of aromatic nitrogens is 3. The molecule has 72 heavy (non-hydrogen) atoms. The molecule has 12 aromatic rings. The molecule has 0 aliphatic heterocycles. The summed E-state index contributed by atoms with van der Waals surface area (Å²) in [6.45, 7) is 0. The number of pyridine rings is 1. The molecule has 0 saturated heterocycles. The van der Waals surface area contributed by atoms with Gasteiger partial charge in [0.25, 0.3) is 0 Å². The molecule has 0 spiro atoms. The summed E-state index contributed by atoms with van der Waals surface area (Å²) in [5, 5.41) is 52.7. The van der Waals surface area contributed by atoms with Gasteiger partial charge in [-0.2, -0.15) is 26.3 Å². The molecule has 3 heterocycles. The zero-order valence-electron chi connectivity index (χ0n) is 38.2. The minimum Gasteiger partial charge on any atom is -0.309 e. The maximum absolute atomic E-state index is 10.5. The lowest BCUT2D eigenvalue weighted by atomic mass is 9.99. The summed E-state index contributed by atoms with van der Waals surface area (Å²) in [5.41, 5.74) is 18.0. The van der Waals surface area contributed by atoms with Crippen LogP contribution in [0, 0.1) is 56.7 Å². The molecule has 0 atom stereocenters. The molecule has 330 valence electrons. The van der Waals surface area contributed by atoms with Gasteiger partial charge >= 0.3 is 0 Å². The van der Waals surface area contributed by atoms with Crippen molar-refractivity contribution < 1.29 is 0 Å². The molecular weight excluding hydrogens is 881 g/mol. The van der Waals surface area contributed by atoms with Crippen LogP contribution in [-0.4, -0.2) is 14.1 Å². The van der Waals surface area contributed by atoms with Gasteiger partial charge in [-0.25, -0.2) is 0 Å². The van der Waals surface area contributed by atoms with Crippen molar-refractivity contribution in [3.05, 3.63) is 234 Å². The Labute approximate surface area is 413 Å². The Hall–Kier alpha value is -10.8. The quantitative estimate of drug-likeness (QED) is 0.156. The Morgan fingerprint density at radius 1 is 0.278 bits per heavy atom. The van der Waals surface area contributed by atoms with Gasteiger partial charge in [0.15, 0.2) is 0 Å². The summed E-state index contributed by atoms with van der Waals surface area (Å²) in [4.78, 5) is 4.75. The van der Waals surface area contributed by atoms with Crippen molar-refractivity contribution in [1.82, 2.24) is 14.1 Å². The van der Waals surface area contributed by atoms with Gasteiger partial charge in [0.2, 0.25) is 0 Å². The number of hydrogen-bond donors (Lipinski definition) is 0. The van der Waals surface area contributed by atoms with Crippen molar-refractivity contribution in [2.75, 3.05) is 0 Å². The van der Waals surface area contributed by atoms with Crippen LogP contribution >= 0.6 is 0 Å². The first-order valence-electron chi connectivity index (χ1n) is 23.1. The first-order valence-corrected chi connectivity index (χ1v) is 23.1. The van der Waals surface area contributed by atoms with Crippen molar-refractivity contribution in [3.8, 4) is 97.4 Å². The van der Waals surface area contributed by atoms with E-state index in [0.717, 1.165) is 111 Å². The van der Waals surface area contributed by atoms with Gasteiger partial charge in [-0.15, -0.1) is 0 Å². The molecule has 8 nitrogen and oxygen atoms in total. The molecule has 0 aliphatic rings. The lowest BCUT2D eigenvalue weighted by Crippen LogP contribution is -2.02. The Kier molecular flexibility index (Phi) is 10.3. The normalized spacial score (nSPS) is 11.0. The number of rotatable bonds is 7. The summed E-state index contributed by atoms with van der Waals surface area (Å²) in [5.74, 6) is 0. The van der Waals surface area contributed by atoms with Gasteiger partial charge in [0.1, 0.15) is 0 Å². The molecule has 9 aromatic carbocycles. The highest BCUT2D eigenvalue weighted by atomic mass is 15.0. The van der Waals surface area contributed by atoms with Crippen molar-refractivity contribution in [2.45, 2.75) is 0 Å². The fourth-order valence-corrected chi connectivity index (χ4v) is 10.0. The van der Waals surface area contributed by atoms with Gasteiger partial charge in [0.05, 0.1) is 91.6 Å². The van der Waals surface area contributed by atoms with Crippen molar-refractivity contribution in [3.63, 3.8) is 0 Å². The average molecular weight is 915 g/mol. The zero-order chi connectivity index (χ0) is 48.9. The third kappa shape index (κ3) is 7.17. The zero-order valence-corrected chi connectivity index (χ0v) is 38.2. The highest BCUT2D eigenvalue weighted by Gasteiger charge is 2.23. The van der Waals surface area contributed by atoms with E-state index in [-0.39, 0.29) is 0 Å². The Bertz CT molecular complexity index is 4180. The van der Waals surface area contributed by atoms with E-state index in [1.54, 1.807) is 6.20 Å². The van der Waals surface area contributed by atoms with Crippen LogP contribution in [-0.2, 0) is 0 Å². The smallest absolute Gasteiger partial charge is 0.0991 e. The van der Waals surface area contributed by atoms with Gasteiger partial charge in [-0.1, -0.05) is 72.8 Å². The Balaban J connectivity index is 1.10. The van der Waals surface area contributed by atoms with Gasteiger partial charge in [-0.3, -0.25) is 4.98 Å². The van der Waals surface area contributed by atoms with Crippen LogP contribution < -0.4 is 0 Å². The highest BCUT2D eigenvalue weighted by Crippen LogP contribution is 2.44. The lowest BCUT2D eigenvalue weighted by Gasteiger charge is -2.18. The molecule has 12 rings (SSSR count). The van der Waals surface area contributed by atoms with Gasteiger partial charge in [0, 0.05) is 45.1 Å². The van der Waals surface area contributed by atoms with Crippen molar-refractivity contribution in [1.29, 1.82) is 26.3 Å². The van der Waals surface area contributed by atoms with Crippen molar-refractivity contribution >= 4 is 43.6 Å². The number of fused-ring (bicyclic) bond motifs is 6. The van der Waals surface area contributed by atoms with E-state index in [1.807, 2.05) is 128 Å². The molecule has 0 fully saturated rings. The first-order chi connectivity index (χ1) is 35.4. The monoisotopic (exact) mass is 914 g/mol. The summed E-state index contributed by atoms with van der Waals surface area (Å²) in [7, 11) is 0. The van der Waals surface area contributed by atoms with E-state index in [9.17, 15) is 26.3 Å². The molecular formula is C64H34N8. The topological polar surface area (TPSA) is 142 Å². The second-order valence-electron chi connectivity index (χ2n) is 17.6. The third-order valence-electron chi connectivity index (χ3n) is 13.6. The fourth-order valence-electron chi connectivity index (χ4n) is 10.0. The van der Waals surface area contributed by atoms with E-state index in [4.69, 9.17) is 4.98 Å². The minimum absolute atomic E-state index is 0.497. The number of nitrogens with zero attached hydrogens (tertiary/aromatic N) is 8. The van der Waals surface area contributed by atoms with E-state index < -0.39 is 0 Å². The second-order valence-corrected chi connectivity index (χ2v) is 17.6. The van der Waals surface area contributed by atoms with Gasteiger partial charge < -0.3 is 9.13 Å². The van der Waals surface area contributed by atoms with E-state index in [0.29, 0.717) is 27.8 Å². The predicted octanol–water partition coefficient (Wildman–Crippen LogP) is 15.0. The fraction of sp³-hybridized carbons (Fsp3) is 0. The predicted molar refractivity (Wildman–Crippen MR) is 284 cm³/mol. The van der Waals surface area contributed by atoms with Crippen LogP contribution in [0.4, 0.5) is 0 Å². The van der Waals surface area contributed by atoms with Gasteiger partial charge in [-0.05, 0) is 166 Å². The molecule has 8 heteroatoms. The van der Waals surface area contributed by atoms with E-state index in [1.165, 1.54) is 0 Å². The standard InChI is InChI=1S/C64H34N8/c65-34-40-1-10-45(11-2-40)49-18-23-60-54(30-49)55-31-50(46-12-3-41(35-66)4-13-46)19-24-61(55)71(60)59-22-9-44(38-69)29-53(59)58-39-70-28-27-64(58)72-62-25-20-51(47-14-5-42(36-67)6-15-47)32-56(62)57-33-52(21-26-63(57)72)48-16-7-43(37-68)8-17-48/h1-33,39H. The van der Waals surface area contributed by atoms with Crippen LogP contribution in [0.1, 0.15) is 27.8 Å². The van der Waals surface area contributed by atoms with Crippen LogP contribution in [0.2, 0.25) is 0 Å². The number of nitriles is 5. The minimum atomic E-state index is 0.497. The Morgan fingerprint density at radius 3 is 0.889 bits per heavy atom. The summed E-state index contributed by atoms with van der Waals surface area (Å²) in [6, 6.07) is 75.4. The van der Waals surface area contributed by atoms with Crippen LogP contribution in [0.25, 0.3) is 111 Å². The van der Waals surface area contributed by atoms with Crippen LogP contribution in [0.3, 0.4) is 0 Å². The Morgan fingerprint density at radius 2 is 0.569 bits per heavy atom. The molecule has 0 aliphatic carbocycles. The summed E-state index contributed by atoms with van der Waals surface area (Å²) >= 11 is 0. The lowest BCUT2D eigenvalue weighted by molar-refractivity contribution is 1.14. The molecule has 0 amide bonds. The SMILES string of the molecule is N#Cc1ccc(-c2ccc3c(c2)c2cc(-c4ccc(C#N)cc4)ccc2n3-c2ccncc2-c2cc(C#N)ccc2-n2c3ccc(-c4ccc(C#N)cc4)cc3c3cc(-c4ccc(C#N)cc4)ccc32)cc1. The second kappa shape index (κ2) is 17.4. The van der Waals surface area contributed by atoms with E-state index >= 15 is 0 Å². The van der Waals surface area contributed by atoms with Crippen molar-refractivity contribution in [2.24, 2.45) is 0 Å². The third-order valence-corrected chi connectivity index (χ3v) is 13.6. The molecule has 0 saturated carbocycles. The number of benzene rings is 9. The summed E-state index contributed by atoms with van der Waals surface area (Å²) < 4.78 is 4.54. The maximum atomic E-state index is 10.5. The molecule has 0 N–H and O–H groups in total. The number of hydrogen-bond acceptors (Lipinski definition) is 6. The van der Waals surface area contributed by atoms with Crippen LogP contribution in [0.5, 0.6) is 0 Å². The summed E-state index contributed by atoms with van der Waals surface area (Å²) in [6.07, 6.45) is 3.68. The average Bonchev–Trinajstić information content (AvgIpc) is 3.96. The van der Waals surface area contributed by atoms with Crippen LogP contribution in [0.15, 0.2) is 207 Å². The first kappa shape index (κ1) is 42.5. The van der Waals surface area contributed by atoms with E-state index in [2.05, 4.69) is 112 Å². The largest absolute Gasteiger partial charge is 0.309 e. The molecule has 3 aromatic heterocycles. The highest BCUT2D eigenvalue weighted by molar-refractivity contribution is 6.14. The molecule has 0 radical (unpaired) electrons. The molecule has 0 bridgehead atoms. The molecule has 0 unspecified atom stereocenters. The maximum Gasteiger partial charge on any atom is 0.0991 e.